The molecule has 3 aromatic carbocycles. The average Bonchev–Trinajstić information content (AvgIpc) is 2.99. The van der Waals surface area contributed by atoms with E-state index in [1.807, 2.05) is 30.3 Å². The van der Waals surface area contributed by atoms with Crippen LogP contribution in [-0.2, 0) is 27.1 Å². The molecule has 0 aromatic heterocycles. The highest BCUT2D eigenvalue weighted by atomic mass is 35.5. The van der Waals surface area contributed by atoms with Gasteiger partial charge in [0.15, 0.2) is 0 Å². The van der Waals surface area contributed by atoms with Gasteiger partial charge in [0.2, 0.25) is 5.78 Å². The highest BCUT2D eigenvalue weighted by Crippen LogP contribution is 2.41. The third-order valence-electron chi connectivity index (χ3n) is 5.51. The van der Waals surface area contributed by atoms with E-state index in [4.69, 9.17) is 56.6 Å². The molecule has 4 N–H and O–H groups in total. The van der Waals surface area contributed by atoms with Crippen LogP contribution in [0.5, 0.6) is 0 Å². The van der Waals surface area contributed by atoms with Crippen molar-refractivity contribution in [3.63, 3.8) is 0 Å². The molecule has 0 aliphatic heterocycles. The van der Waals surface area contributed by atoms with Gasteiger partial charge in [0.1, 0.15) is 0 Å². The first-order valence-electron chi connectivity index (χ1n) is 12.9. The molecule has 0 heterocycles. The Balaban J connectivity index is 0.000000395. The summed E-state index contributed by atoms with van der Waals surface area (Å²) in [5.74, 6) is -5.45. The zero-order valence-electron chi connectivity index (χ0n) is 24.6. The van der Waals surface area contributed by atoms with Crippen molar-refractivity contribution in [3.8, 4) is 0 Å². The number of Topliss-reactive ketones (excluding diaryl/α,β-unsaturated/α-hetero) is 1. The van der Waals surface area contributed by atoms with Crippen LogP contribution in [0.1, 0.15) is 58.2 Å². The van der Waals surface area contributed by atoms with Crippen LogP contribution in [0.4, 0.5) is 13.2 Å². The molecule has 3 rings (SSSR count). The third kappa shape index (κ3) is 12.9. The number of carboxylic acid groups (broad SMARTS) is 3. The Morgan fingerprint density at radius 2 is 1.30 bits per heavy atom. The fourth-order valence-corrected chi connectivity index (χ4v) is 4.24. The summed E-state index contributed by atoms with van der Waals surface area (Å²) in [5.41, 5.74) is -1.33. The van der Waals surface area contributed by atoms with Crippen LogP contribution in [0.2, 0.25) is 20.1 Å². The Hall–Kier alpha value is -4.10. The number of aliphatic carboxylic acids is 2. The first-order chi connectivity index (χ1) is 21.6. The molecule has 3 aromatic rings. The summed E-state index contributed by atoms with van der Waals surface area (Å²) in [6.07, 6.45) is -2.51. The Morgan fingerprint density at radius 1 is 0.766 bits per heavy atom. The summed E-state index contributed by atoms with van der Waals surface area (Å²) in [7, 11) is 0. The molecule has 9 nitrogen and oxygen atoms in total. The van der Waals surface area contributed by atoms with Crippen molar-refractivity contribution >= 4 is 82.1 Å². The van der Waals surface area contributed by atoms with E-state index in [1.165, 1.54) is 12.1 Å². The molecule has 0 fully saturated rings. The maximum atomic E-state index is 12.4. The van der Waals surface area contributed by atoms with Crippen molar-refractivity contribution in [2.45, 2.75) is 33.5 Å². The monoisotopic (exact) mass is 737 g/mol. The predicted octanol–water partition coefficient (Wildman–Crippen LogP) is 8.42. The van der Waals surface area contributed by atoms with Gasteiger partial charge >= 0.3 is 24.1 Å². The molecular weight excluding hydrogens is 713 g/mol. The molecule has 0 aliphatic rings. The molecule has 0 atom stereocenters. The molecular formula is C31H26Cl4F3NO8. The maximum absolute atomic E-state index is 12.4. The normalized spacial score (nSPS) is 11.0. The number of ketones is 1. The number of hydrogen-bond acceptors (Lipinski definition) is 5. The van der Waals surface area contributed by atoms with Crippen LogP contribution in [0, 0.1) is 5.41 Å². The van der Waals surface area contributed by atoms with Crippen LogP contribution in [0.3, 0.4) is 0 Å². The number of alkyl halides is 3. The second-order valence-electron chi connectivity index (χ2n) is 10.2. The van der Waals surface area contributed by atoms with E-state index in [2.05, 4.69) is 5.32 Å². The Kier molecular flexibility index (Phi) is 15.4. The lowest BCUT2D eigenvalue weighted by molar-refractivity contribution is -0.152. The van der Waals surface area contributed by atoms with Crippen LogP contribution in [0.15, 0.2) is 60.7 Å². The Morgan fingerprint density at radius 3 is 1.72 bits per heavy atom. The minimum atomic E-state index is -4.41. The van der Waals surface area contributed by atoms with Crippen molar-refractivity contribution in [2.75, 3.05) is 0 Å². The largest absolute Gasteiger partial charge is 0.478 e. The molecule has 16 heteroatoms. The number of carbonyl (C=O) groups excluding carboxylic acids is 2. The summed E-state index contributed by atoms with van der Waals surface area (Å²) in [5, 5.41) is 27.4. The minimum Gasteiger partial charge on any atom is -0.478 e. The van der Waals surface area contributed by atoms with Crippen LogP contribution in [0.25, 0.3) is 6.08 Å². The van der Waals surface area contributed by atoms with Gasteiger partial charge in [-0.15, -0.1) is 0 Å². The topological polar surface area (TPSA) is 158 Å². The molecule has 0 saturated heterocycles. The number of carboxylic acids is 3. The highest BCUT2D eigenvalue weighted by molar-refractivity contribution is 6.54. The SMILES string of the molecule is CC(C)(C)C(=O)C(=O)O.O=C(O)/C=C/c1cccc(C(F)(F)F)c1.O=C(O)c1c(Cl)c(Cl)c(Cl)c(Cl)c1C(=O)NCc1ccccc1. The summed E-state index contributed by atoms with van der Waals surface area (Å²) in [6.45, 7) is 4.91. The van der Waals surface area contributed by atoms with Gasteiger partial charge in [-0.25, -0.2) is 14.4 Å². The Labute approximate surface area is 286 Å². The van der Waals surface area contributed by atoms with E-state index in [0.717, 1.165) is 29.8 Å². The first-order valence-corrected chi connectivity index (χ1v) is 14.4. The van der Waals surface area contributed by atoms with Crippen LogP contribution < -0.4 is 5.32 Å². The molecule has 252 valence electrons. The number of halogens is 7. The standard InChI is InChI=1S/C15H9Cl4NO3.C10H7F3O2.C6H10O3/c16-10-8(9(15(22)23)11(17)13(19)12(10)18)14(21)20-6-7-4-2-1-3-5-7;11-10(12,13)8-3-1-2-7(6-8)4-5-9(14)15;1-6(2,3)4(7)5(8)9/h1-5H,6H2,(H,20,21)(H,22,23);1-6H,(H,14,15);1-3H3,(H,8,9)/b;5-4+;. The van der Waals surface area contributed by atoms with E-state index in [-0.39, 0.29) is 37.8 Å². The van der Waals surface area contributed by atoms with Crippen molar-refractivity contribution < 1.29 is 52.5 Å². The van der Waals surface area contributed by atoms with E-state index >= 15 is 0 Å². The molecule has 1 amide bonds. The molecule has 47 heavy (non-hydrogen) atoms. The van der Waals surface area contributed by atoms with Gasteiger partial charge in [-0.3, -0.25) is 9.59 Å². The van der Waals surface area contributed by atoms with Crippen molar-refractivity contribution in [3.05, 3.63) is 109 Å². The molecule has 0 saturated carbocycles. The van der Waals surface area contributed by atoms with Crippen molar-refractivity contribution in [1.82, 2.24) is 5.32 Å². The van der Waals surface area contributed by atoms with E-state index < -0.39 is 52.3 Å². The fraction of sp³-hybridized carbons (Fsp3) is 0.194. The van der Waals surface area contributed by atoms with Gasteiger partial charge < -0.3 is 20.6 Å². The van der Waals surface area contributed by atoms with E-state index in [1.54, 1.807) is 20.8 Å². The molecule has 0 spiro atoms. The lowest BCUT2D eigenvalue weighted by Crippen LogP contribution is -2.27. The van der Waals surface area contributed by atoms with E-state index in [9.17, 15) is 42.3 Å². The minimum absolute atomic E-state index is 0.173. The molecule has 0 bridgehead atoms. The summed E-state index contributed by atoms with van der Waals surface area (Å²) >= 11 is 23.6. The number of rotatable bonds is 7. The van der Waals surface area contributed by atoms with Crippen molar-refractivity contribution in [2.24, 2.45) is 5.41 Å². The van der Waals surface area contributed by atoms with Crippen LogP contribution >= 0.6 is 46.4 Å². The van der Waals surface area contributed by atoms with Gasteiger partial charge in [-0.05, 0) is 29.3 Å². The summed E-state index contributed by atoms with van der Waals surface area (Å²) in [6, 6.07) is 13.5. The van der Waals surface area contributed by atoms with Crippen LogP contribution in [-0.4, -0.2) is 44.9 Å². The van der Waals surface area contributed by atoms with E-state index in [0.29, 0.717) is 0 Å². The van der Waals surface area contributed by atoms with Gasteiger partial charge in [0.25, 0.3) is 5.91 Å². The number of benzene rings is 3. The number of nitrogens with one attached hydrogen (secondary N) is 1. The second-order valence-corrected chi connectivity index (χ2v) is 11.7. The molecule has 0 aliphatic carbocycles. The third-order valence-corrected chi connectivity index (χ3v) is 7.31. The first kappa shape index (κ1) is 40.9. The second kappa shape index (κ2) is 17.7. The smallest absolute Gasteiger partial charge is 0.416 e. The summed E-state index contributed by atoms with van der Waals surface area (Å²) in [4.78, 5) is 54.5. The number of hydrogen-bond donors (Lipinski definition) is 4. The maximum Gasteiger partial charge on any atom is 0.416 e. The zero-order chi connectivity index (χ0) is 36.3. The summed E-state index contributed by atoms with van der Waals surface area (Å²) < 4.78 is 36.7. The fourth-order valence-electron chi connectivity index (χ4n) is 3.22. The van der Waals surface area contributed by atoms with Gasteiger partial charge in [-0.2, -0.15) is 13.2 Å². The number of aromatic carboxylic acids is 1. The lowest BCUT2D eigenvalue weighted by atomic mass is 9.91. The molecule has 0 radical (unpaired) electrons. The van der Waals surface area contributed by atoms with Gasteiger partial charge in [0, 0.05) is 18.0 Å². The zero-order valence-corrected chi connectivity index (χ0v) is 27.6. The highest BCUT2D eigenvalue weighted by Gasteiger charge is 2.30. The number of amides is 1. The van der Waals surface area contributed by atoms with Crippen molar-refractivity contribution in [1.29, 1.82) is 0 Å². The predicted molar refractivity (Wildman–Crippen MR) is 171 cm³/mol. The average molecular weight is 739 g/mol. The lowest BCUT2D eigenvalue weighted by Gasteiger charge is -2.14. The molecule has 0 unspecified atom stereocenters. The van der Waals surface area contributed by atoms with Gasteiger partial charge in [-0.1, -0.05) is 110 Å². The van der Waals surface area contributed by atoms with Gasteiger partial charge in [0.05, 0.1) is 36.8 Å². The Bertz CT molecular complexity index is 1670. The quantitative estimate of drug-likeness (QED) is 0.0814. The number of carbonyl (C=O) groups is 5.